The Balaban J connectivity index is 2.04. The highest BCUT2D eigenvalue weighted by molar-refractivity contribution is 6.14. The average Bonchev–Trinajstić information content (AvgIpc) is 2.95. The normalized spacial score (nSPS) is 10.7. The molecule has 1 heterocycles. The second-order valence-corrected chi connectivity index (χ2v) is 5.12. The number of ether oxygens (including phenoxy) is 1. The Morgan fingerprint density at radius 1 is 1.12 bits per heavy atom. The molecular weight excluding hydrogens is 334 g/mol. The molecule has 3 rings (SSSR count). The van der Waals surface area contributed by atoms with Gasteiger partial charge in [-0.15, -0.1) is 0 Å². The lowest BCUT2D eigenvalue weighted by atomic mass is 10.1. The molecule has 0 saturated heterocycles. The molecule has 0 aliphatic carbocycles. The first kappa shape index (κ1) is 16.4. The Bertz CT molecular complexity index is 998. The van der Waals surface area contributed by atoms with Crippen molar-refractivity contribution in [2.24, 2.45) is 5.73 Å². The van der Waals surface area contributed by atoms with Gasteiger partial charge in [-0.2, -0.15) is 0 Å². The Labute approximate surface area is 140 Å². The Hall–Kier alpha value is -3.42. The van der Waals surface area contributed by atoms with Gasteiger partial charge in [0, 0.05) is 17.0 Å². The summed E-state index contributed by atoms with van der Waals surface area (Å²) in [5.41, 5.74) is 5.47. The summed E-state index contributed by atoms with van der Waals surface area (Å²) >= 11 is 0. The van der Waals surface area contributed by atoms with Crippen LogP contribution in [0.1, 0.15) is 20.9 Å². The van der Waals surface area contributed by atoms with Crippen molar-refractivity contribution < 1.29 is 27.5 Å². The summed E-state index contributed by atoms with van der Waals surface area (Å²) < 4.78 is 36.7. The molecule has 0 aliphatic rings. The maximum absolute atomic E-state index is 13.3. The SMILES string of the molecule is COc1ccc2c(NC(=O)c3ccc(F)c(F)c3)c(C(N)=O)oc2c1. The fraction of sp³-hybridized carbons (Fsp3) is 0.0588. The summed E-state index contributed by atoms with van der Waals surface area (Å²) in [4.78, 5) is 23.9. The minimum absolute atomic E-state index is 0.0416. The monoisotopic (exact) mass is 346 g/mol. The van der Waals surface area contributed by atoms with Crippen LogP contribution in [-0.4, -0.2) is 18.9 Å². The van der Waals surface area contributed by atoms with Gasteiger partial charge >= 0.3 is 0 Å². The Morgan fingerprint density at radius 3 is 2.52 bits per heavy atom. The second-order valence-electron chi connectivity index (χ2n) is 5.12. The van der Waals surface area contributed by atoms with Crippen molar-refractivity contribution in [2.45, 2.75) is 0 Å². The number of anilines is 1. The minimum Gasteiger partial charge on any atom is -0.497 e. The highest BCUT2D eigenvalue weighted by Crippen LogP contribution is 2.33. The third kappa shape index (κ3) is 3.01. The zero-order valence-electron chi connectivity index (χ0n) is 12.9. The third-order valence-corrected chi connectivity index (χ3v) is 3.54. The van der Waals surface area contributed by atoms with Crippen LogP contribution in [0.3, 0.4) is 0 Å². The number of carbonyl (C=O) groups excluding carboxylic acids is 2. The predicted octanol–water partition coefficient (Wildman–Crippen LogP) is 3.07. The zero-order chi connectivity index (χ0) is 18.1. The number of hydrogen-bond donors (Lipinski definition) is 2. The van der Waals surface area contributed by atoms with Gasteiger partial charge in [0.1, 0.15) is 17.0 Å². The summed E-state index contributed by atoms with van der Waals surface area (Å²) in [7, 11) is 1.46. The van der Waals surface area contributed by atoms with E-state index in [-0.39, 0.29) is 22.6 Å². The smallest absolute Gasteiger partial charge is 0.286 e. The number of halogens is 2. The number of furan rings is 1. The van der Waals surface area contributed by atoms with Crippen LogP contribution in [0.4, 0.5) is 14.5 Å². The molecule has 0 spiro atoms. The van der Waals surface area contributed by atoms with E-state index in [4.69, 9.17) is 14.9 Å². The van der Waals surface area contributed by atoms with Gasteiger partial charge in [-0.05, 0) is 30.3 Å². The maximum Gasteiger partial charge on any atom is 0.286 e. The average molecular weight is 346 g/mol. The van der Waals surface area contributed by atoms with Gasteiger partial charge in [0.05, 0.1) is 7.11 Å². The lowest BCUT2D eigenvalue weighted by Gasteiger charge is -2.05. The molecule has 6 nitrogen and oxygen atoms in total. The molecule has 3 aromatic rings. The van der Waals surface area contributed by atoms with Gasteiger partial charge in [-0.25, -0.2) is 8.78 Å². The number of rotatable bonds is 4. The first-order valence-electron chi connectivity index (χ1n) is 7.07. The van der Waals surface area contributed by atoms with Gasteiger partial charge in [-0.1, -0.05) is 0 Å². The molecule has 3 N–H and O–H groups in total. The molecule has 0 unspecified atom stereocenters. The standard InChI is InChI=1S/C17H12F2N2O4/c1-24-9-3-4-10-13(7-9)25-15(16(20)22)14(10)21-17(23)8-2-5-11(18)12(19)6-8/h2-7H,1H3,(H2,20,22)(H,21,23). The summed E-state index contributed by atoms with van der Waals surface area (Å²) in [6.07, 6.45) is 0. The van der Waals surface area contributed by atoms with Crippen molar-refractivity contribution in [2.75, 3.05) is 12.4 Å². The molecule has 128 valence electrons. The molecule has 0 saturated carbocycles. The van der Waals surface area contributed by atoms with Crippen LogP contribution in [0.15, 0.2) is 40.8 Å². The van der Waals surface area contributed by atoms with Crippen LogP contribution < -0.4 is 15.8 Å². The van der Waals surface area contributed by atoms with Gasteiger partial charge < -0.3 is 20.2 Å². The quantitative estimate of drug-likeness (QED) is 0.759. The highest BCUT2D eigenvalue weighted by atomic mass is 19.2. The fourth-order valence-corrected chi connectivity index (χ4v) is 2.32. The molecule has 8 heteroatoms. The van der Waals surface area contributed by atoms with Crippen LogP contribution in [0.2, 0.25) is 0 Å². The van der Waals surface area contributed by atoms with Crippen LogP contribution >= 0.6 is 0 Å². The van der Waals surface area contributed by atoms with Gasteiger partial charge in [-0.3, -0.25) is 9.59 Å². The van der Waals surface area contributed by atoms with Crippen molar-refractivity contribution in [3.05, 3.63) is 59.4 Å². The Morgan fingerprint density at radius 2 is 1.88 bits per heavy atom. The first-order chi connectivity index (χ1) is 11.9. The van der Waals surface area contributed by atoms with E-state index in [1.807, 2.05) is 0 Å². The number of benzene rings is 2. The number of nitrogens with two attached hydrogens (primary N) is 1. The molecule has 0 aliphatic heterocycles. The van der Waals surface area contributed by atoms with E-state index in [0.717, 1.165) is 18.2 Å². The van der Waals surface area contributed by atoms with Crippen LogP contribution in [-0.2, 0) is 0 Å². The topological polar surface area (TPSA) is 94.6 Å². The third-order valence-electron chi connectivity index (χ3n) is 3.54. The largest absolute Gasteiger partial charge is 0.497 e. The van der Waals surface area contributed by atoms with E-state index in [2.05, 4.69) is 5.32 Å². The highest BCUT2D eigenvalue weighted by Gasteiger charge is 2.22. The van der Waals surface area contributed by atoms with Gasteiger partial charge in [0.15, 0.2) is 11.6 Å². The summed E-state index contributed by atoms with van der Waals surface area (Å²) in [5.74, 6) is -3.66. The van der Waals surface area contributed by atoms with Crippen molar-refractivity contribution in [3.63, 3.8) is 0 Å². The minimum atomic E-state index is -1.16. The van der Waals surface area contributed by atoms with E-state index in [0.29, 0.717) is 11.1 Å². The van der Waals surface area contributed by atoms with E-state index in [1.165, 1.54) is 13.2 Å². The Kier molecular flexibility index (Phi) is 4.10. The lowest BCUT2D eigenvalue weighted by Crippen LogP contribution is -2.17. The molecule has 0 radical (unpaired) electrons. The number of primary amides is 1. The fourth-order valence-electron chi connectivity index (χ4n) is 2.32. The summed E-state index contributed by atoms with van der Waals surface area (Å²) in [6, 6.07) is 7.40. The summed E-state index contributed by atoms with van der Waals surface area (Å²) in [5, 5.41) is 2.86. The number of carbonyl (C=O) groups is 2. The molecule has 0 fully saturated rings. The number of amides is 2. The molecule has 1 aromatic heterocycles. The number of fused-ring (bicyclic) bond motifs is 1. The number of hydrogen-bond acceptors (Lipinski definition) is 4. The second kappa shape index (κ2) is 6.23. The van der Waals surface area contributed by atoms with Gasteiger partial charge in [0.25, 0.3) is 11.8 Å². The maximum atomic E-state index is 13.3. The van der Waals surface area contributed by atoms with Crippen molar-refractivity contribution in [3.8, 4) is 5.75 Å². The predicted molar refractivity (Wildman–Crippen MR) is 85.6 cm³/mol. The molecule has 0 bridgehead atoms. The van der Waals surface area contributed by atoms with Crippen LogP contribution in [0, 0.1) is 11.6 Å². The molecule has 0 atom stereocenters. The van der Waals surface area contributed by atoms with E-state index >= 15 is 0 Å². The van der Waals surface area contributed by atoms with Gasteiger partial charge in [0.2, 0.25) is 5.76 Å². The van der Waals surface area contributed by atoms with E-state index in [9.17, 15) is 18.4 Å². The van der Waals surface area contributed by atoms with E-state index < -0.39 is 23.4 Å². The van der Waals surface area contributed by atoms with Crippen LogP contribution in [0.5, 0.6) is 5.75 Å². The lowest BCUT2D eigenvalue weighted by molar-refractivity contribution is 0.0977. The first-order valence-corrected chi connectivity index (χ1v) is 7.07. The molecule has 2 amide bonds. The van der Waals surface area contributed by atoms with Crippen molar-refractivity contribution >= 4 is 28.5 Å². The zero-order valence-corrected chi connectivity index (χ0v) is 12.9. The van der Waals surface area contributed by atoms with Crippen molar-refractivity contribution in [1.82, 2.24) is 0 Å². The van der Waals surface area contributed by atoms with Crippen molar-refractivity contribution in [1.29, 1.82) is 0 Å². The molecular formula is C17H12F2N2O4. The van der Waals surface area contributed by atoms with Crippen LogP contribution in [0.25, 0.3) is 11.0 Å². The van der Waals surface area contributed by atoms with E-state index in [1.54, 1.807) is 12.1 Å². The number of methoxy groups -OCH3 is 1. The molecule has 25 heavy (non-hydrogen) atoms. The molecule has 2 aromatic carbocycles. The summed E-state index contributed by atoms with van der Waals surface area (Å²) in [6.45, 7) is 0. The number of nitrogens with one attached hydrogen (secondary N) is 1.